The Hall–Kier alpha value is -3.47. The zero-order valence-electron chi connectivity index (χ0n) is 25.3. The van der Waals surface area contributed by atoms with Gasteiger partial charge in [0.15, 0.2) is 12.2 Å². The van der Waals surface area contributed by atoms with E-state index in [1.165, 1.54) is 31.7 Å². The molecule has 1 amide bonds. The first-order valence-corrected chi connectivity index (χ1v) is 15.7. The lowest BCUT2D eigenvalue weighted by Crippen LogP contribution is -2.50. The zero-order valence-corrected chi connectivity index (χ0v) is 26.2. The fourth-order valence-corrected chi connectivity index (χ4v) is 5.57. The molecule has 0 unspecified atom stereocenters. The molecule has 2 aromatic carbocycles. The van der Waals surface area contributed by atoms with Crippen LogP contribution in [-0.2, 0) is 30.3 Å². The number of amides is 1. The van der Waals surface area contributed by atoms with Gasteiger partial charge in [-0.2, -0.15) is 0 Å². The maximum atomic E-state index is 13.3. The van der Waals surface area contributed by atoms with Crippen LogP contribution in [0.5, 0.6) is 0 Å². The topological polar surface area (TPSA) is 125 Å². The second-order valence-electron chi connectivity index (χ2n) is 10.9. The Bertz CT molecular complexity index is 1340. The van der Waals surface area contributed by atoms with Crippen molar-refractivity contribution in [2.45, 2.75) is 71.0 Å². The van der Waals surface area contributed by atoms with Crippen molar-refractivity contribution < 1.29 is 34.1 Å². The quantitative estimate of drug-likeness (QED) is 0.135. The summed E-state index contributed by atoms with van der Waals surface area (Å²) in [4.78, 5) is 37.7. The van der Waals surface area contributed by atoms with Gasteiger partial charge in [-0.3, -0.25) is 4.79 Å². The lowest BCUT2D eigenvalue weighted by atomic mass is 10.0. The first-order chi connectivity index (χ1) is 20.7. The van der Waals surface area contributed by atoms with Crippen LogP contribution in [0.15, 0.2) is 47.8 Å². The number of carboxylic acid groups (broad SMARTS) is 2. The summed E-state index contributed by atoms with van der Waals surface area (Å²) in [7, 11) is 1.60. The molecule has 3 N–H and O–H groups in total. The van der Waals surface area contributed by atoms with Crippen LogP contribution >= 0.6 is 11.3 Å². The number of aliphatic carboxylic acids is 2. The number of anilines is 1. The van der Waals surface area contributed by atoms with Gasteiger partial charge < -0.3 is 29.9 Å². The molecule has 0 aliphatic heterocycles. The van der Waals surface area contributed by atoms with Crippen LogP contribution in [0, 0.1) is 13.8 Å². The van der Waals surface area contributed by atoms with Crippen LogP contribution in [0.4, 0.5) is 5.69 Å². The number of nitrogens with zero attached hydrogens (tertiary/aromatic N) is 1. The predicted octanol–water partition coefficient (Wildman–Crippen LogP) is 5.91. The number of benzene rings is 2. The highest BCUT2D eigenvalue weighted by molar-refractivity contribution is 7.17. The number of thiophene rings is 1. The van der Waals surface area contributed by atoms with Crippen molar-refractivity contribution in [1.29, 1.82) is 0 Å². The average Bonchev–Trinajstić information content (AvgIpc) is 3.44. The minimum absolute atomic E-state index is 0.167. The molecule has 43 heavy (non-hydrogen) atoms. The van der Waals surface area contributed by atoms with Gasteiger partial charge in [-0.25, -0.2) is 9.59 Å². The van der Waals surface area contributed by atoms with Crippen LogP contribution in [0.25, 0.3) is 10.1 Å². The molecule has 3 aromatic rings. The van der Waals surface area contributed by atoms with Crippen molar-refractivity contribution >= 4 is 45.0 Å². The molecule has 9 nitrogen and oxygen atoms in total. The summed E-state index contributed by atoms with van der Waals surface area (Å²) in [5, 5.41) is 25.5. The first-order valence-electron chi connectivity index (χ1n) is 14.9. The van der Waals surface area contributed by atoms with Crippen molar-refractivity contribution in [1.82, 2.24) is 4.90 Å². The van der Waals surface area contributed by atoms with Crippen LogP contribution in [0.1, 0.15) is 55.2 Å². The largest absolute Gasteiger partial charge is 0.480 e. The molecule has 0 aliphatic carbocycles. The number of carboxylic acids is 2. The molecular formula is C33H44N2O7S. The minimum Gasteiger partial charge on any atom is -0.480 e. The molecule has 0 spiro atoms. The highest BCUT2D eigenvalue weighted by Crippen LogP contribution is 2.24. The van der Waals surface area contributed by atoms with Gasteiger partial charge in [-0.05, 0) is 104 Å². The number of hydrogen-bond donors (Lipinski definition) is 3. The Labute approximate surface area is 257 Å². The van der Waals surface area contributed by atoms with Crippen molar-refractivity contribution in [3.05, 3.63) is 64.5 Å². The fraction of sp³-hybridized carbons (Fsp3) is 0.485. The molecule has 0 saturated heterocycles. The Morgan fingerprint density at radius 1 is 0.884 bits per heavy atom. The maximum absolute atomic E-state index is 13.3. The Kier molecular flexibility index (Phi) is 13.9. The third kappa shape index (κ3) is 11.3. The Morgan fingerprint density at radius 2 is 1.67 bits per heavy atom. The second-order valence-corrected chi connectivity index (χ2v) is 11.9. The summed E-state index contributed by atoms with van der Waals surface area (Å²) in [6.07, 6.45) is 2.68. The summed E-state index contributed by atoms with van der Waals surface area (Å²) in [5.74, 6) is -3.29. The third-order valence-corrected chi connectivity index (χ3v) is 8.35. The summed E-state index contributed by atoms with van der Waals surface area (Å²) < 4.78 is 12.1. The van der Waals surface area contributed by atoms with Crippen LogP contribution in [0.2, 0.25) is 0 Å². The molecule has 1 aromatic heterocycles. The molecule has 3 rings (SSSR count). The monoisotopic (exact) mass is 612 g/mol. The van der Waals surface area contributed by atoms with Crippen LogP contribution < -0.4 is 5.32 Å². The van der Waals surface area contributed by atoms with Gasteiger partial charge in [0.25, 0.3) is 5.91 Å². The number of rotatable bonds is 20. The van der Waals surface area contributed by atoms with E-state index >= 15 is 0 Å². The lowest BCUT2D eigenvalue weighted by molar-refractivity contribution is -0.175. The molecule has 0 aliphatic rings. The van der Waals surface area contributed by atoms with Crippen molar-refractivity contribution in [3.8, 4) is 0 Å². The van der Waals surface area contributed by atoms with Crippen molar-refractivity contribution in [2.75, 3.05) is 38.7 Å². The maximum Gasteiger partial charge on any atom is 0.336 e. The van der Waals surface area contributed by atoms with E-state index in [1.54, 1.807) is 18.4 Å². The molecule has 0 saturated carbocycles. The van der Waals surface area contributed by atoms with Crippen LogP contribution in [-0.4, -0.2) is 78.5 Å². The van der Waals surface area contributed by atoms with Gasteiger partial charge in [0.05, 0.1) is 0 Å². The number of aryl methyl sites for hydroxylation is 3. The van der Waals surface area contributed by atoms with Gasteiger partial charge in [0.1, 0.15) is 6.61 Å². The normalized spacial score (nSPS) is 12.6. The van der Waals surface area contributed by atoms with E-state index in [4.69, 9.17) is 14.6 Å². The molecule has 234 valence electrons. The smallest absolute Gasteiger partial charge is 0.336 e. The number of likely N-dealkylation sites (N-methyl/N-ethyl adjacent to an activating group) is 1. The van der Waals surface area contributed by atoms with E-state index in [1.807, 2.05) is 0 Å². The fourth-order valence-electron chi connectivity index (χ4n) is 4.80. The molecule has 10 heteroatoms. The SMILES string of the molecule is Cc1ccc(CCCCCO[C@@H](C(=O)N(C)CCCCCNc2ccc3sccc3c2)[C@@H](OCC(=O)O)C(=O)O)cc1C. The second kappa shape index (κ2) is 17.6. The minimum atomic E-state index is -1.72. The summed E-state index contributed by atoms with van der Waals surface area (Å²) in [6, 6.07) is 14.9. The molecule has 0 bridgehead atoms. The number of hydrogen-bond acceptors (Lipinski definition) is 7. The molecule has 0 radical (unpaired) electrons. The summed E-state index contributed by atoms with van der Waals surface area (Å²) >= 11 is 1.72. The van der Waals surface area contributed by atoms with Gasteiger partial charge in [0, 0.05) is 37.1 Å². The molecule has 0 fully saturated rings. The zero-order chi connectivity index (χ0) is 31.2. The third-order valence-electron chi connectivity index (χ3n) is 7.45. The first kappa shape index (κ1) is 34.0. The number of carbonyl (C=O) groups excluding carboxylic acids is 1. The molecule has 1 heterocycles. The Morgan fingerprint density at radius 3 is 2.42 bits per heavy atom. The van der Waals surface area contributed by atoms with E-state index in [9.17, 15) is 19.5 Å². The van der Waals surface area contributed by atoms with Gasteiger partial charge in [-0.1, -0.05) is 24.6 Å². The average molecular weight is 613 g/mol. The number of nitrogens with one attached hydrogen (secondary N) is 1. The standard InChI is InChI=1S/C33H44N2O7S/c1-23-11-12-25(20-24(23)2)10-6-4-9-18-41-30(31(33(39)40)42-22-29(36)37)32(38)35(3)17-8-5-7-16-34-27-13-14-28-26(21-27)15-19-43-28/h11-15,19-21,30-31,34H,4-10,16-18,22H2,1-3H3,(H,36,37)(H,39,40)/t30-,31-/m1/s1. The summed E-state index contributed by atoms with van der Waals surface area (Å²) in [6.45, 7) is 4.73. The van der Waals surface area contributed by atoms with Gasteiger partial charge in [0.2, 0.25) is 0 Å². The number of carbonyl (C=O) groups is 3. The van der Waals surface area contributed by atoms with Crippen LogP contribution in [0.3, 0.4) is 0 Å². The highest BCUT2D eigenvalue weighted by atomic mass is 32.1. The van der Waals surface area contributed by atoms with E-state index in [-0.39, 0.29) is 6.61 Å². The number of ether oxygens (including phenoxy) is 2. The van der Waals surface area contributed by atoms with Crippen molar-refractivity contribution in [3.63, 3.8) is 0 Å². The van der Waals surface area contributed by atoms with E-state index < -0.39 is 36.7 Å². The number of unbranched alkanes of at least 4 members (excludes halogenated alkanes) is 4. The lowest BCUT2D eigenvalue weighted by Gasteiger charge is -2.27. The molecule has 2 atom stereocenters. The molecular weight excluding hydrogens is 568 g/mol. The van der Waals surface area contributed by atoms with Crippen molar-refractivity contribution in [2.24, 2.45) is 0 Å². The highest BCUT2D eigenvalue weighted by Gasteiger charge is 2.37. The van der Waals surface area contributed by atoms with E-state index in [2.05, 4.69) is 67.0 Å². The van der Waals surface area contributed by atoms with Gasteiger partial charge in [-0.15, -0.1) is 11.3 Å². The summed E-state index contributed by atoms with van der Waals surface area (Å²) in [5.41, 5.74) is 4.86. The van der Waals surface area contributed by atoms with E-state index in [0.717, 1.165) is 50.8 Å². The van der Waals surface area contributed by atoms with E-state index in [0.29, 0.717) is 13.0 Å². The predicted molar refractivity (Wildman–Crippen MR) is 170 cm³/mol. The Balaban J connectivity index is 1.44. The number of fused-ring (bicyclic) bond motifs is 1. The van der Waals surface area contributed by atoms with Gasteiger partial charge >= 0.3 is 11.9 Å².